The van der Waals surface area contributed by atoms with Crippen LogP contribution in [0.3, 0.4) is 0 Å². The second-order valence-corrected chi connectivity index (χ2v) is 2.86. The number of aromatic amines is 1. The van der Waals surface area contributed by atoms with Gasteiger partial charge in [-0.15, -0.1) is 10.2 Å². The molecule has 0 bridgehead atoms. The highest BCUT2D eigenvalue weighted by Gasteiger charge is 2.10. The zero-order valence-corrected chi connectivity index (χ0v) is 8.01. The van der Waals surface area contributed by atoms with Gasteiger partial charge in [-0.25, -0.2) is 0 Å². The Kier molecular flexibility index (Phi) is 2.40. The molecule has 2 aromatic rings. The van der Waals surface area contributed by atoms with E-state index in [2.05, 4.69) is 31.0 Å². The third kappa shape index (κ3) is 1.98. The van der Waals surface area contributed by atoms with Crippen LogP contribution in [0.15, 0.2) is 12.3 Å². The van der Waals surface area contributed by atoms with Crippen LogP contribution in [-0.2, 0) is 13.6 Å². The molecule has 0 radical (unpaired) electrons. The molecule has 0 aliphatic carbocycles. The molecule has 2 N–H and O–H groups in total. The van der Waals surface area contributed by atoms with Gasteiger partial charge in [-0.2, -0.15) is 10.3 Å². The average Bonchev–Trinajstić information content (AvgIpc) is 2.85. The lowest BCUT2D eigenvalue weighted by atomic mass is 10.4. The summed E-state index contributed by atoms with van der Waals surface area (Å²) in [6, 6.07) is 1.82. The summed E-state index contributed by atoms with van der Waals surface area (Å²) >= 11 is 0. The molecule has 0 aliphatic rings. The first-order valence-electron chi connectivity index (χ1n) is 4.26. The molecular weight excluding hydrogens is 198 g/mol. The maximum atomic E-state index is 11.4. The van der Waals surface area contributed by atoms with Crippen molar-refractivity contribution in [2.24, 2.45) is 7.05 Å². The molecule has 2 rings (SSSR count). The van der Waals surface area contributed by atoms with Crippen LogP contribution in [0, 0.1) is 0 Å². The fourth-order valence-electron chi connectivity index (χ4n) is 1.08. The summed E-state index contributed by atoms with van der Waals surface area (Å²) in [4.78, 5) is 11.4. The molecule has 0 atom stereocenters. The summed E-state index contributed by atoms with van der Waals surface area (Å²) < 4.78 is 1.68. The van der Waals surface area contributed by atoms with Gasteiger partial charge in [0.2, 0.25) is 0 Å². The molecule has 0 saturated heterocycles. The number of rotatable bonds is 3. The minimum Gasteiger partial charge on any atom is -0.344 e. The third-order valence-electron chi connectivity index (χ3n) is 1.90. The predicted octanol–water partition coefficient (Wildman–Crippen LogP) is -1.14. The summed E-state index contributed by atoms with van der Waals surface area (Å²) in [5, 5.41) is 19.2. The van der Waals surface area contributed by atoms with Crippen molar-refractivity contribution in [3.8, 4) is 0 Å². The van der Waals surface area contributed by atoms with Gasteiger partial charge >= 0.3 is 0 Å². The van der Waals surface area contributed by atoms with E-state index < -0.39 is 0 Å². The number of nitrogens with one attached hydrogen (secondary N) is 2. The lowest BCUT2D eigenvalue weighted by molar-refractivity contribution is 0.0939. The van der Waals surface area contributed by atoms with Gasteiger partial charge in [0.25, 0.3) is 11.7 Å². The zero-order chi connectivity index (χ0) is 10.7. The fraction of sp³-hybridized carbons (Fsp3) is 0.286. The Hall–Kier alpha value is -2.25. The van der Waals surface area contributed by atoms with Crippen LogP contribution >= 0.6 is 0 Å². The van der Waals surface area contributed by atoms with E-state index in [4.69, 9.17) is 0 Å². The zero-order valence-electron chi connectivity index (χ0n) is 8.01. The summed E-state index contributed by atoms with van der Waals surface area (Å²) in [5.74, 6) is -0.345. The Bertz CT molecular complexity index is 446. The average molecular weight is 207 g/mol. The maximum absolute atomic E-state index is 11.4. The minimum atomic E-state index is -0.370. The molecule has 0 spiro atoms. The summed E-state index contributed by atoms with van der Waals surface area (Å²) in [6.45, 7) is 0.379. The van der Waals surface area contributed by atoms with Crippen molar-refractivity contribution in [1.82, 2.24) is 35.7 Å². The van der Waals surface area contributed by atoms with Crippen LogP contribution in [0.25, 0.3) is 0 Å². The number of aryl methyl sites for hydroxylation is 1. The van der Waals surface area contributed by atoms with Crippen molar-refractivity contribution in [2.45, 2.75) is 6.54 Å². The number of hydrogen-bond acceptors (Lipinski definition) is 5. The largest absolute Gasteiger partial charge is 0.344 e. The SMILES string of the molecule is Cn1nccc1CNC(=O)c1nn[nH]n1. The molecule has 8 heteroatoms. The van der Waals surface area contributed by atoms with Crippen molar-refractivity contribution in [2.75, 3.05) is 0 Å². The van der Waals surface area contributed by atoms with Gasteiger partial charge in [0.05, 0.1) is 12.2 Å². The van der Waals surface area contributed by atoms with E-state index in [-0.39, 0.29) is 11.7 Å². The molecule has 8 nitrogen and oxygen atoms in total. The van der Waals surface area contributed by atoms with E-state index in [1.165, 1.54) is 0 Å². The number of hydrogen-bond donors (Lipinski definition) is 2. The quantitative estimate of drug-likeness (QED) is 0.662. The standard InChI is InChI=1S/C7H9N7O/c1-14-5(2-3-9-14)4-8-7(15)6-10-12-13-11-6/h2-3H,4H2,1H3,(H,8,15)(H,10,11,12,13). The number of H-pyrrole nitrogens is 1. The minimum absolute atomic E-state index is 0.0252. The van der Waals surface area contributed by atoms with E-state index >= 15 is 0 Å². The number of nitrogens with zero attached hydrogens (tertiary/aromatic N) is 5. The Balaban J connectivity index is 1.95. The first-order valence-corrected chi connectivity index (χ1v) is 4.26. The van der Waals surface area contributed by atoms with Crippen LogP contribution in [0.1, 0.15) is 16.3 Å². The Morgan fingerprint density at radius 3 is 3.13 bits per heavy atom. The van der Waals surface area contributed by atoms with Gasteiger partial charge in [-0.3, -0.25) is 9.48 Å². The first-order chi connectivity index (χ1) is 7.27. The lowest BCUT2D eigenvalue weighted by Crippen LogP contribution is -2.25. The number of carbonyl (C=O) groups excluding carboxylic acids is 1. The molecule has 0 fully saturated rings. The summed E-state index contributed by atoms with van der Waals surface area (Å²) in [5.41, 5.74) is 0.895. The molecule has 2 heterocycles. The van der Waals surface area contributed by atoms with Gasteiger partial charge in [0, 0.05) is 13.2 Å². The van der Waals surface area contributed by atoms with Crippen molar-refractivity contribution < 1.29 is 4.79 Å². The first kappa shape index (κ1) is 9.31. The highest BCUT2D eigenvalue weighted by molar-refractivity contribution is 5.89. The monoisotopic (exact) mass is 207 g/mol. The van der Waals surface area contributed by atoms with Gasteiger partial charge in [-0.1, -0.05) is 0 Å². The van der Waals surface area contributed by atoms with Crippen LogP contribution < -0.4 is 5.32 Å². The van der Waals surface area contributed by atoms with E-state index in [9.17, 15) is 4.79 Å². The van der Waals surface area contributed by atoms with Crippen LogP contribution in [0.2, 0.25) is 0 Å². The van der Waals surface area contributed by atoms with Gasteiger partial charge < -0.3 is 5.32 Å². The molecule has 2 aromatic heterocycles. The number of tetrazole rings is 1. The topological polar surface area (TPSA) is 101 Å². The molecule has 0 aromatic carbocycles. The highest BCUT2D eigenvalue weighted by atomic mass is 16.2. The van der Waals surface area contributed by atoms with Crippen molar-refractivity contribution in [1.29, 1.82) is 0 Å². The smallest absolute Gasteiger partial charge is 0.293 e. The van der Waals surface area contributed by atoms with Crippen molar-refractivity contribution in [3.63, 3.8) is 0 Å². The van der Waals surface area contributed by atoms with E-state index in [1.807, 2.05) is 6.07 Å². The summed E-state index contributed by atoms with van der Waals surface area (Å²) in [7, 11) is 1.80. The molecule has 0 aliphatic heterocycles. The van der Waals surface area contributed by atoms with E-state index in [1.54, 1.807) is 17.9 Å². The third-order valence-corrected chi connectivity index (χ3v) is 1.90. The lowest BCUT2D eigenvalue weighted by Gasteiger charge is -2.02. The fourth-order valence-corrected chi connectivity index (χ4v) is 1.08. The number of aromatic nitrogens is 6. The Morgan fingerprint density at radius 1 is 1.67 bits per heavy atom. The van der Waals surface area contributed by atoms with Crippen LogP contribution in [-0.4, -0.2) is 36.3 Å². The van der Waals surface area contributed by atoms with Crippen molar-refractivity contribution in [3.05, 3.63) is 23.8 Å². The molecule has 1 amide bonds. The number of amides is 1. The van der Waals surface area contributed by atoms with E-state index in [0.717, 1.165) is 5.69 Å². The molecule has 0 saturated carbocycles. The van der Waals surface area contributed by atoms with Crippen molar-refractivity contribution >= 4 is 5.91 Å². The summed E-state index contributed by atoms with van der Waals surface area (Å²) in [6.07, 6.45) is 1.66. The predicted molar refractivity (Wildman–Crippen MR) is 48.6 cm³/mol. The van der Waals surface area contributed by atoms with Gasteiger partial charge in [-0.05, 0) is 11.3 Å². The normalized spacial score (nSPS) is 10.2. The molecule has 0 unspecified atom stereocenters. The Morgan fingerprint density at radius 2 is 2.53 bits per heavy atom. The number of carbonyl (C=O) groups is 1. The molecule has 78 valence electrons. The highest BCUT2D eigenvalue weighted by Crippen LogP contribution is 1.95. The molecular formula is C7H9N7O. The van der Waals surface area contributed by atoms with E-state index in [0.29, 0.717) is 6.54 Å². The second-order valence-electron chi connectivity index (χ2n) is 2.86. The Labute approximate surface area is 84.7 Å². The van der Waals surface area contributed by atoms with Crippen LogP contribution in [0.5, 0.6) is 0 Å². The molecule has 15 heavy (non-hydrogen) atoms. The maximum Gasteiger partial charge on any atom is 0.293 e. The van der Waals surface area contributed by atoms with Gasteiger partial charge in [0.15, 0.2) is 0 Å². The van der Waals surface area contributed by atoms with Crippen LogP contribution in [0.4, 0.5) is 0 Å². The van der Waals surface area contributed by atoms with Gasteiger partial charge in [0.1, 0.15) is 0 Å². The second kappa shape index (κ2) is 3.86.